The molecule has 7 aromatic rings. The minimum absolute atomic E-state index is 0.00231. The van der Waals surface area contributed by atoms with Crippen LogP contribution in [0.5, 0.6) is 0 Å². The van der Waals surface area contributed by atoms with Crippen molar-refractivity contribution in [3.05, 3.63) is 136 Å². The predicted molar refractivity (Wildman–Crippen MR) is 263 cm³/mol. The molecule has 4 aromatic heterocycles. The molecule has 66 heavy (non-hydrogen) atoms. The largest absolute Gasteiger partial charge is 0.369 e. The molecule has 9 rings (SSSR count). The average Bonchev–Trinajstić information content (AvgIpc) is 4.04. The summed E-state index contributed by atoms with van der Waals surface area (Å²) < 4.78 is 4.79. The zero-order chi connectivity index (χ0) is 47.2. The molecule has 2 fully saturated rings. The van der Waals surface area contributed by atoms with E-state index in [1.165, 1.54) is 30.7 Å². The maximum absolute atomic E-state index is 13.2. The van der Waals surface area contributed by atoms with E-state index in [9.17, 15) is 19.2 Å². The van der Waals surface area contributed by atoms with Gasteiger partial charge in [-0.1, -0.05) is 61.9 Å². The molecule has 3 aromatic carbocycles. The average molecular weight is 890 g/mol. The number of pyridine rings is 1. The number of fused-ring (bicyclic) bond motifs is 2. The molecule has 2 aliphatic rings. The Morgan fingerprint density at radius 1 is 0.788 bits per heavy atom. The summed E-state index contributed by atoms with van der Waals surface area (Å²) in [4.78, 5) is 65.4. The molecule has 1 aliphatic heterocycles. The van der Waals surface area contributed by atoms with Gasteiger partial charge in [0.25, 0.3) is 5.91 Å². The number of carbonyl (C=O) groups is 3. The number of Topliss-reactive ketones (excluding diaryl/α,β-unsaturated/α-hetero) is 2. The van der Waals surface area contributed by atoms with Crippen molar-refractivity contribution in [2.75, 3.05) is 38.1 Å². The van der Waals surface area contributed by atoms with E-state index in [1.54, 1.807) is 31.8 Å². The molecule has 1 saturated carbocycles. The standard InChI is InChI=1S/C38H41N5O3.C13H16N4O.C2H6/c1-26-6-5-7-32(22-26)34-15-9-29(24-39-34)25-41-18-20-42(21-19-41)33-13-10-30(11-14-33)31-12-17-36-37(23-31)40(4)38(46)43(36)35(28(3)45)16-8-27(2)44;1-8-6-9(2)15-17-11(7-14-12(8)17)13(18)16(3)10-4-5-10;1-2/h5-7,9-15,17,22-24,35H,8,16,18-21,25H2,1-4H3;6-7,10H,4-5H2,1-3H3;1-2H3. The molecule has 1 atom stereocenters. The van der Waals surface area contributed by atoms with E-state index in [1.807, 2.05) is 65.2 Å². The fraction of sp³-hybridized carbons (Fsp3) is 0.377. The van der Waals surface area contributed by atoms with Crippen LogP contribution in [0, 0.1) is 20.8 Å². The van der Waals surface area contributed by atoms with Gasteiger partial charge in [-0.25, -0.2) is 14.3 Å². The van der Waals surface area contributed by atoms with Crippen LogP contribution >= 0.6 is 0 Å². The quantitative estimate of drug-likeness (QED) is 0.118. The monoisotopic (exact) mass is 890 g/mol. The van der Waals surface area contributed by atoms with E-state index >= 15 is 0 Å². The van der Waals surface area contributed by atoms with Crippen molar-refractivity contribution in [3.8, 4) is 22.4 Å². The fourth-order valence-electron chi connectivity index (χ4n) is 8.71. The molecule has 0 spiro atoms. The first-order chi connectivity index (χ1) is 31.7. The number of hydrogen-bond donors (Lipinski definition) is 0. The lowest BCUT2D eigenvalue weighted by atomic mass is 10.0. The van der Waals surface area contributed by atoms with Crippen LogP contribution in [0.4, 0.5) is 5.69 Å². The van der Waals surface area contributed by atoms with Crippen molar-refractivity contribution in [2.45, 2.75) is 92.8 Å². The topological polar surface area (TPSA) is 131 Å². The molecule has 13 nitrogen and oxygen atoms in total. The van der Waals surface area contributed by atoms with Gasteiger partial charge >= 0.3 is 5.69 Å². The smallest absolute Gasteiger partial charge is 0.329 e. The van der Waals surface area contributed by atoms with Gasteiger partial charge in [0.2, 0.25) is 0 Å². The summed E-state index contributed by atoms with van der Waals surface area (Å²) in [7, 11) is 3.58. The molecule has 0 radical (unpaired) electrons. The number of imidazole rings is 2. The maximum Gasteiger partial charge on any atom is 0.329 e. The Morgan fingerprint density at radius 3 is 2.14 bits per heavy atom. The van der Waals surface area contributed by atoms with Crippen LogP contribution in [0.1, 0.15) is 92.3 Å². The number of nitrogens with zero attached hydrogens (tertiary/aromatic N) is 9. The summed E-state index contributed by atoms with van der Waals surface area (Å²) in [6.45, 7) is 17.8. The number of rotatable bonds is 12. The zero-order valence-corrected chi connectivity index (χ0v) is 39.9. The van der Waals surface area contributed by atoms with Gasteiger partial charge in [0.1, 0.15) is 5.78 Å². The van der Waals surface area contributed by atoms with Crippen molar-refractivity contribution in [1.29, 1.82) is 0 Å². The third-order valence-corrected chi connectivity index (χ3v) is 12.5. The normalized spacial score (nSPS) is 14.3. The van der Waals surface area contributed by atoms with Crippen LogP contribution in [-0.4, -0.2) is 95.3 Å². The molecule has 1 aliphatic carbocycles. The summed E-state index contributed by atoms with van der Waals surface area (Å²) >= 11 is 0. The Kier molecular flexibility index (Phi) is 14.8. The third kappa shape index (κ3) is 10.5. The second-order valence-electron chi connectivity index (χ2n) is 17.5. The Labute approximate surface area is 387 Å². The predicted octanol–water partition coefficient (Wildman–Crippen LogP) is 8.81. The van der Waals surface area contributed by atoms with E-state index in [0.29, 0.717) is 23.7 Å². The molecule has 0 N–H and O–H groups in total. The summed E-state index contributed by atoms with van der Waals surface area (Å²) in [5.74, 6) is -0.117. The van der Waals surface area contributed by atoms with Gasteiger partial charge in [-0.15, -0.1) is 0 Å². The Balaban J connectivity index is 0.000000268. The first kappa shape index (κ1) is 47.2. The summed E-state index contributed by atoms with van der Waals surface area (Å²) in [6, 6.07) is 29.0. The summed E-state index contributed by atoms with van der Waals surface area (Å²) in [5, 5.41) is 4.39. The van der Waals surface area contributed by atoms with Crippen LogP contribution < -0.4 is 10.6 Å². The Bertz CT molecular complexity index is 2900. The number of anilines is 1. The summed E-state index contributed by atoms with van der Waals surface area (Å²) in [6.07, 6.45) is 6.40. The summed E-state index contributed by atoms with van der Waals surface area (Å²) in [5.41, 5.74) is 12.3. The van der Waals surface area contributed by atoms with E-state index in [-0.39, 0.29) is 29.6 Å². The Hall–Kier alpha value is -6.73. The highest BCUT2D eigenvalue weighted by molar-refractivity contribution is 5.93. The second-order valence-corrected chi connectivity index (χ2v) is 17.5. The number of piperazine rings is 1. The number of aryl methyl sites for hydroxylation is 4. The van der Waals surface area contributed by atoms with Gasteiger partial charge in [0.15, 0.2) is 17.1 Å². The van der Waals surface area contributed by atoms with Crippen molar-refractivity contribution < 1.29 is 14.4 Å². The number of ketones is 2. The molecular weight excluding hydrogens is 827 g/mol. The van der Waals surface area contributed by atoms with E-state index in [2.05, 4.69) is 87.5 Å². The second kappa shape index (κ2) is 20.6. The number of hydrogen-bond acceptors (Lipinski definition) is 9. The number of amides is 1. The van der Waals surface area contributed by atoms with Gasteiger partial charge < -0.3 is 14.6 Å². The van der Waals surface area contributed by atoms with E-state index in [0.717, 1.165) is 90.4 Å². The molecule has 1 saturated heterocycles. The SMILES string of the molecule is CC.CC(=O)CCC(C(C)=O)n1c(=O)n(C)c2cc(-c3ccc(N4CCN(Cc5ccc(-c6cccc(C)c6)nc5)CC4)cc3)ccc21.Cc1cc(C)c2ncc(C(=O)N(C)C3CC3)n2n1. The van der Waals surface area contributed by atoms with Crippen LogP contribution in [-0.2, 0) is 23.2 Å². The van der Waals surface area contributed by atoms with Crippen LogP contribution in [0.15, 0.2) is 102 Å². The lowest BCUT2D eigenvalue weighted by molar-refractivity contribution is -0.121. The Morgan fingerprint density at radius 2 is 1.50 bits per heavy atom. The van der Waals surface area contributed by atoms with E-state index in [4.69, 9.17) is 4.98 Å². The molecule has 1 unspecified atom stereocenters. The third-order valence-electron chi connectivity index (χ3n) is 12.5. The van der Waals surface area contributed by atoms with Gasteiger partial charge in [0, 0.05) is 76.7 Å². The first-order valence-corrected chi connectivity index (χ1v) is 23.2. The fourth-order valence-corrected chi connectivity index (χ4v) is 8.71. The van der Waals surface area contributed by atoms with E-state index < -0.39 is 6.04 Å². The van der Waals surface area contributed by atoms with Crippen molar-refractivity contribution in [2.24, 2.45) is 7.05 Å². The molecule has 5 heterocycles. The van der Waals surface area contributed by atoms with Crippen LogP contribution in [0.25, 0.3) is 39.1 Å². The number of aromatic nitrogens is 6. The molecule has 0 bridgehead atoms. The molecule has 344 valence electrons. The first-order valence-electron chi connectivity index (χ1n) is 23.2. The lowest BCUT2D eigenvalue weighted by Crippen LogP contribution is -2.45. The van der Waals surface area contributed by atoms with Crippen molar-refractivity contribution >= 4 is 39.8 Å². The highest BCUT2D eigenvalue weighted by atomic mass is 16.2. The zero-order valence-electron chi connectivity index (χ0n) is 39.9. The highest BCUT2D eigenvalue weighted by Gasteiger charge is 2.32. The van der Waals surface area contributed by atoms with Crippen LogP contribution in [0.2, 0.25) is 0 Å². The van der Waals surface area contributed by atoms with Crippen molar-refractivity contribution in [3.63, 3.8) is 0 Å². The van der Waals surface area contributed by atoms with Gasteiger partial charge in [-0.3, -0.25) is 28.6 Å². The highest BCUT2D eigenvalue weighted by Crippen LogP contribution is 2.30. The van der Waals surface area contributed by atoms with Gasteiger partial charge in [-0.05, 0) is 119 Å². The van der Waals surface area contributed by atoms with Crippen molar-refractivity contribution in [1.82, 2.24) is 38.5 Å². The number of carbonyl (C=O) groups excluding carboxylic acids is 3. The molecular formula is C53H63N9O4. The minimum atomic E-state index is -0.660. The maximum atomic E-state index is 13.2. The van der Waals surface area contributed by atoms with Gasteiger partial charge in [0.05, 0.1) is 34.7 Å². The lowest BCUT2D eigenvalue weighted by Gasteiger charge is -2.36. The molecule has 13 heteroatoms. The molecule has 1 amide bonds. The van der Waals surface area contributed by atoms with Gasteiger partial charge in [-0.2, -0.15) is 5.10 Å². The minimum Gasteiger partial charge on any atom is -0.369 e. The van der Waals surface area contributed by atoms with Crippen LogP contribution in [0.3, 0.4) is 0 Å². The number of benzene rings is 3.